The molecule has 0 radical (unpaired) electrons. The molecule has 0 aliphatic carbocycles. The molecule has 0 atom stereocenters. The van der Waals surface area contributed by atoms with Crippen molar-refractivity contribution in [1.29, 1.82) is 0 Å². The number of nitrogens with one attached hydrogen (secondary N) is 2. The van der Waals surface area contributed by atoms with Gasteiger partial charge in [0.1, 0.15) is 11.6 Å². The average molecular weight is 416 g/mol. The third-order valence-electron chi connectivity index (χ3n) is 4.44. The SMILES string of the molecule is CCOc1ccc(NC(=O)COC(=O)c2ccc3nc(-c4cccnc4)[nH]c3c2)cc1. The Morgan fingerprint density at radius 3 is 2.68 bits per heavy atom. The van der Waals surface area contributed by atoms with Gasteiger partial charge in [-0.3, -0.25) is 9.78 Å². The van der Waals surface area contributed by atoms with E-state index in [0.717, 1.165) is 5.56 Å². The van der Waals surface area contributed by atoms with Crippen molar-refractivity contribution in [3.05, 3.63) is 72.6 Å². The molecule has 2 heterocycles. The summed E-state index contributed by atoms with van der Waals surface area (Å²) < 4.78 is 10.5. The smallest absolute Gasteiger partial charge is 0.338 e. The van der Waals surface area contributed by atoms with Crippen LogP contribution in [-0.2, 0) is 9.53 Å². The largest absolute Gasteiger partial charge is 0.494 e. The minimum absolute atomic E-state index is 0.322. The third-order valence-corrected chi connectivity index (χ3v) is 4.44. The zero-order valence-corrected chi connectivity index (χ0v) is 16.8. The second-order valence-corrected chi connectivity index (χ2v) is 6.64. The molecule has 0 spiro atoms. The standard InChI is InChI=1S/C23H20N4O4/c1-2-30-18-8-6-17(7-9-18)25-21(28)14-31-23(29)15-5-10-19-20(12-15)27-22(26-19)16-4-3-11-24-13-16/h3-13H,2,14H2,1H3,(H,25,28)(H,26,27). The summed E-state index contributed by atoms with van der Waals surface area (Å²) >= 11 is 0. The van der Waals surface area contributed by atoms with Gasteiger partial charge in [-0.2, -0.15) is 0 Å². The van der Waals surface area contributed by atoms with Crippen molar-refractivity contribution in [1.82, 2.24) is 15.0 Å². The molecule has 31 heavy (non-hydrogen) atoms. The lowest BCUT2D eigenvalue weighted by molar-refractivity contribution is -0.119. The number of carbonyl (C=O) groups is 2. The Labute approximate surface area is 178 Å². The van der Waals surface area contributed by atoms with E-state index in [1.54, 1.807) is 54.9 Å². The number of carbonyl (C=O) groups excluding carboxylic acids is 2. The van der Waals surface area contributed by atoms with Crippen LogP contribution in [0.25, 0.3) is 22.4 Å². The Bertz CT molecular complexity index is 1200. The number of pyridine rings is 1. The molecule has 2 N–H and O–H groups in total. The maximum atomic E-state index is 12.4. The van der Waals surface area contributed by atoms with Crippen molar-refractivity contribution in [2.24, 2.45) is 0 Å². The van der Waals surface area contributed by atoms with Crippen molar-refractivity contribution < 1.29 is 19.1 Å². The highest BCUT2D eigenvalue weighted by Crippen LogP contribution is 2.21. The van der Waals surface area contributed by atoms with E-state index >= 15 is 0 Å². The lowest BCUT2D eigenvalue weighted by Gasteiger charge is -2.08. The first-order chi connectivity index (χ1) is 15.1. The molecule has 2 aromatic heterocycles. The van der Waals surface area contributed by atoms with Crippen LogP contribution in [0, 0.1) is 0 Å². The van der Waals surface area contributed by atoms with Crippen LogP contribution in [-0.4, -0.2) is 40.0 Å². The van der Waals surface area contributed by atoms with Gasteiger partial charge in [-0.25, -0.2) is 9.78 Å². The van der Waals surface area contributed by atoms with Crippen molar-refractivity contribution in [2.75, 3.05) is 18.5 Å². The molecule has 0 bridgehead atoms. The molecular formula is C23H20N4O4. The molecule has 8 nitrogen and oxygen atoms in total. The number of esters is 1. The topological polar surface area (TPSA) is 106 Å². The van der Waals surface area contributed by atoms with E-state index in [0.29, 0.717) is 40.5 Å². The van der Waals surface area contributed by atoms with E-state index in [1.165, 1.54) is 0 Å². The van der Waals surface area contributed by atoms with Crippen LogP contribution < -0.4 is 10.1 Å². The second-order valence-electron chi connectivity index (χ2n) is 6.64. The number of rotatable bonds is 7. The van der Waals surface area contributed by atoms with Gasteiger partial charge in [0.05, 0.1) is 23.2 Å². The summed E-state index contributed by atoms with van der Waals surface area (Å²) in [5.74, 6) is 0.344. The van der Waals surface area contributed by atoms with Crippen LogP contribution in [0.3, 0.4) is 0 Å². The Hall–Kier alpha value is -4.20. The van der Waals surface area contributed by atoms with Gasteiger partial charge in [0.15, 0.2) is 6.61 Å². The Morgan fingerprint density at radius 2 is 1.94 bits per heavy atom. The molecule has 0 aliphatic rings. The molecule has 0 saturated carbocycles. The highest BCUT2D eigenvalue weighted by molar-refractivity contribution is 5.97. The van der Waals surface area contributed by atoms with Gasteiger partial charge in [0.25, 0.3) is 5.91 Å². The van der Waals surface area contributed by atoms with Gasteiger partial charge in [0, 0.05) is 23.6 Å². The number of H-pyrrole nitrogens is 1. The molecule has 0 fully saturated rings. The third kappa shape index (κ3) is 4.87. The van der Waals surface area contributed by atoms with Crippen molar-refractivity contribution in [3.63, 3.8) is 0 Å². The first kappa shape index (κ1) is 20.1. The van der Waals surface area contributed by atoms with E-state index in [-0.39, 0.29) is 0 Å². The van der Waals surface area contributed by atoms with Crippen LogP contribution in [0.5, 0.6) is 5.75 Å². The number of imidazole rings is 1. The Morgan fingerprint density at radius 1 is 1.10 bits per heavy atom. The van der Waals surface area contributed by atoms with Crippen molar-refractivity contribution >= 4 is 28.6 Å². The molecule has 4 rings (SSSR count). The lowest BCUT2D eigenvalue weighted by Crippen LogP contribution is -2.20. The number of hydrogen-bond donors (Lipinski definition) is 2. The molecule has 1 amide bonds. The molecule has 156 valence electrons. The number of amides is 1. The number of fused-ring (bicyclic) bond motifs is 1. The molecule has 2 aromatic carbocycles. The fraction of sp³-hybridized carbons (Fsp3) is 0.130. The first-order valence-electron chi connectivity index (χ1n) is 9.72. The minimum Gasteiger partial charge on any atom is -0.494 e. The first-order valence-corrected chi connectivity index (χ1v) is 9.72. The lowest BCUT2D eigenvalue weighted by atomic mass is 10.2. The predicted octanol–water partition coefficient (Wildman–Crippen LogP) is 3.82. The maximum absolute atomic E-state index is 12.4. The quantitative estimate of drug-likeness (QED) is 0.444. The zero-order chi connectivity index (χ0) is 21.6. The summed E-state index contributed by atoms with van der Waals surface area (Å²) in [5, 5.41) is 2.68. The summed E-state index contributed by atoms with van der Waals surface area (Å²) in [6.07, 6.45) is 3.39. The van der Waals surface area contributed by atoms with E-state index in [9.17, 15) is 9.59 Å². The second kappa shape index (κ2) is 9.08. The highest BCUT2D eigenvalue weighted by Gasteiger charge is 2.13. The molecule has 0 unspecified atom stereocenters. The van der Waals surface area contributed by atoms with Crippen LogP contribution in [0.15, 0.2) is 67.0 Å². The van der Waals surface area contributed by atoms with E-state index in [2.05, 4.69) is 20.3 Å². The average Bonchev–Trinajstić information content (AvgIpc) is 3.23. The highest BCUT2D eigenvalue weighted by atomic mass is 16.5. The van der Waals surface area contributed by atoms with E-state index in [1.807, 2.05) is 19.1 Å². The van der Waals surface area contributed by atoms with Gasteiger partial charge in [-0.1, -0.05) is 0 Å². The number of ether oxygens (including phenoxy) is 2. The summed E-state index contributed by atoms with van der Waals surface area (Å²) in [6, 6.07) is 15.6. The minimum atomic E-state index is -0.596. The van der Waals surface area contributed by atoms with Gasteiger partial charge in [-0.05, 0) is 61.5 Å². The van der Waals surface area contributed by atoms with Gasteiger partial charge >= 0.3 is 5.97 Å². The molecule has 4 aromatic rings. The summed E-state index contributed by atoms with van der Waals surface area (Å²) in [5.41, 5.74) is 3.15. The number of hydrogen-bond acceptors (Lipinski definition) is 6. The Kier molecular flexibility index (Phi) is 5.89. The molecule has 0 aliphatic heterocycles. The number of aromatic nitrogens is 3. The van der Waals surface area contributed by atoms with Crippen LogP contribution in [0.2, 0.25) is 0 Å². The monoisotopic (exact) mass is 416 g/mol. The van der Waals surface area contributed by atoms with Crippen molar-refractivity contribution in [2.45, 2.75) is 6.92 Å². The van der Waals surface area contributed by atoms with Gasteiger partial charge in [-0.15, -0.1) is 0 Å². The zero-order valence-electron chi connectivity index (χ0n) is 16.8. The van der Waals surface area contributed by atoms with Gasteiger partial charge < -0.3 is 19.8 Å². The number of aromatic amines is 1. The van der Waals surface area contributed by atoms with Gasteiger partial charge in [0.2, 0.25) is 0 Å². The molecular weight excluding hydrogens is 396 g/mol. The van der Waals surface area contributed by atoms with Crippen LogP contribution >= 0.6 is 0 Å². The fourth-order valence-corrected chi connectivity index (χ4v) is 2.99. The van der Waals surface area contributed by atoms with Crippen LogP contribution in [0.1, 0.15) is 17.3 Å². The molecule has 8 heteroatoms. The summed E-state index contributed by atoms with van der Waals surface area (Å²) in [7, 11) is 0. The van der Waals surface area contributed by atoms with Crippen molar-refractivity contribution in [3.8, 4) is 17.1 Å². The fourth-order valence-electron chi connectivity index (χ4n) is 2.99. The molecule has 0 saturated heterocycles. The number of benzene rings is 2. The summed E-state index contributed by atoms with van der Waals surface area (Å²) in [4.78, 5) is 36.2. The normalized spacial score (nSPS) is 10.6. The number of nitrogens with zero attached hydrogens (tertiary/aromatic N) is 2. The maximum Gasteiger partial charge on any atom is 0.338 e. The summed E-state index contributed by atoms with van der Waals surface area (Å²) in [6.45, 7) is 2.07. The van der Waals surface area contributed by atoms with E-state index < -0.39 is 18.5 Å². The van der Waals surface area contributed by atoms with E-state index in [4.69, 9.17) is 9.47 Å². The van der Waals surface area contributed by atoms with Crippen LogP contribution in [0.4, 0.5) is 5.69 Å². The number of anilines is 1. The predicted molar refractivity (Wildman–Crippen MR) is 116 cm³/mol. The Balaban J connectivity index is 1.37.